The van der Waals surface area contributed by atoms with Crippen LogP contribution in [0, 0.1) is 0 Å². The van der Waals surface area contributed by atoms with Gasteiger partial charge >= 0.3 is 0 Å². The summed E-state index contributed by atoms with van der Waals surface area (Å²) < 4.78 is 0. The van der Waals surface area contributed by atoms with Gasteiger partial charge in [-0.2, -0.15) is 0 Å². The Morgan fingerprint density at radius 1 is 1.19 bits per heavy atom. The van der Waals surface area contributed by atoms with Crippen LogP contribution in [0.4, 0.5) is 5.69 Å². The third-order valence-electron chi connectivity index (χ3n) is 2.41. The van der Waals surface area contributed by atoms with Crippen molar-refractivity contribution in [3.63, 3.8) is 0 Å². The van der Waals surface area contributed by atoms with E-state index >= 15 is 0 Å². The lowest BCUT2D eigenvalue weighted by Gasteiger charge is -2.15. The highest BCUT2D eigenvalue weighted by Crippen LogP contribution is 2.20. The average Bonchev–Trinajstić information content (AvgIpc) is 2.78. The molecule has 0 saturated carbocycles. The minimum Gasteiger partial charge on any atom is -0.312 e. The number of rotatable bonds is 2. The molecule has 0 radical (unpaired) electrons. The first-order chi connectivity index (χ1) is 7.81. The number of carbonyl (C=O) groups is 2. The zero-order chi connectivity index (χ0) is 12.0. The first-order valence-electron chi connectivity index (χ1n) is 5.67. The third kappa shape index (κ3) is 2.69. The fourth-order valence-corrected chi connectivity index (χ4v) is 1.65. The van der Waals surface area contributed by atoms with Gasteiger partial charge in [0.25, 0.3) is 0 Å². The number of amides is 1. The van der Waals surface area contributed by atoms with E-state index in [9.17, 15) is 9.59 Å². The van der Waals surface area contributed by atoms with Crippen LogP contribution < -0.4 is 4.90 Å². The Bertz CT molecular complexity index is 357. The molecule has 1 amide bonds. The number of hydrogen-bond acceptors (Lipinski definition) is 2. The van der Waals surface area contributed by atoms with Crippen LogP contribution in [0.15, 0.2) is 24.3 Å². The minimum atomic E-state index is 0.170. The smallest absolute Gasteiger partial charge is 0.227 e. The van der Waals surface area contributed by atoms with Gasteiger partial charge in [0.15, 0.2) is 0 Å². The first kappa shape index (κ1) is 12.4. The number of nitrogens with zero attached hydrogens (tertiary/aromatic N) is 1. The van der Waals surface area contributed by atoms with Crippen molar-refractivity contribution < 1.29 is 9.59 Å². The first-order valence-corrected chi connectivity index (χ1v) is 5.67. The summed E-state index contributed by atoms with van der Waals surface area (Å²) in [6.07, 6.45) is 2.36. The molecule has 1 saturated heterocycles. The van der Waals surface area contributed by atoms with Crippen LogP contribution in [-0.2, 0) is 4.79 Å². The lowest BCUT2D eigenvalue weighted by atomic mass is 10.2. The molecule has 1 aliphatic heterocycles. The van der Waals surface area contributed by atoms with Crippen molar-refractivity contribution in [2.75, 3.05) is 11.4 Å². The monoisotopic (exact) mass is 219 g/mol. The molecular formula is C13H17NO2. The Hall–Kier alpha value is -1.64. The molecule has 1 aromatic carbocycles. The molecule has 2 rings (SSSR count). The highest BCUT2D eigenvalue weighted by Gasteiger charge is 2.21. The summed E-state index contributed by atoms with van der Waals surface area (Å²) in [5.41, 5.74) is 1.53. The van der Waals surface area contributed by atoms with Crippen molar-refractivity contribution in [1.82, 2.24) is 0 Å². The molecule has 0 aliphatic carbocycles. The fourth-order valence-electron chi connectivity index (χ4n) is 1.65. The van der Waals surface area contributed by atoms with Gasteiger partial charge in [-0.15, -0.1) is 0 Å². The van der Waals surface area contributed by atoms with E-state index in [0.717, 1.165) is 24.9 Å². The van der Waals surface area contributed by atoms with Gasteiger partial charge in [0.1, 0.15) is 6.29 Å². The zero-order valence-corrected chi connectivity index (χ0v) is 9.77. The molecule has 0 aromatic heterocycles. The van der Waals surface area contributed by atoms with Crippen molar-refractivity contribution in [2.24, 2.45) is 0 Å². The second-order valence-corrected chi connectivity index (χ2v) is 3.36. The standard InChI is InChI=1S/C11H11NO2.C2H6/c13-8-9-3-5-10(6-4-9)12-7-1-2-11(12)14;1-2/h3-6,8H,1-2,7H2;1-2H3. The molecule has 0 spiro atoms. The van der Waals surface area contributed by atoms with E-state index in [2.05, 4.69) is 0 Å². The van der Waals surface area contributed by atoms with Crippen molar-refractivity contribution in [1.29, 1.82) is 0 Å². The van der Waals surface area contributed by atoms with Crippen LogP contribution in [0.25, 0.3) is 0 Å². The number of hydrogen-bond donors (Lipinski definition) is 0. The topological polar surface area (TPSA) is 37.4 Å². The van der Waals surface area contributed by atoms with Gasteiger partial charge in [-0.1, -0.05) is 13.8 Å². The summed E-state index contributed by atoms with van der Waals surface area (Å²) in [6.45, 7) is 4.79. The Labute approximate surface area is 96.1 Å². The number of carbonyl (C=O) groups excluding carboxylic acids is 2. The van der Waals surface area contributed by atoms with Crippen LogP contribution in [0.3, 0.4) is 0 Å². The molecule has 1 aliphatic rings. The molecule has 16 heavy (non-hydrogen) atoms. The molecule has 0 bridgehead atoms. The highest BCUT2D eigenvalue weighted by atomic mass is 16.2. The minimum absolute atomic E-state index is 0.170. The lowest BCUT2D eigenvalue weighted by molar-refractivity contribution is -0.117. The highest BCUT2D eigenvalue weighted by molar-refractivity contribution is 5.95. The predicted molar refractivity (Wildman–Crippen MR) is 64.8 cm³/mol. The van der Waals surface area contributed by atoms with E-state index in [1.807, 2.05) is 26.0 Å². The maximum atomic E-state index is 11.4. The maximum Gasteiger partial charge on any atom is 0.227 e. The van der Waals surface area contributed by atoms with Gasteiger partial charge < -0.3 is 4.90 Å². The van der Waals surface area contributed by atoms with Gasteiger partial charge in [0.2, 0.25) is 5.91 Å². The SMILES string of the molecule is CC.O=Cc1ccc(N2CCCC2=O)cc1. The Morgan fingerprint density at radius 3 is 2.25 bits per heavy atom. The molecule has 3 heteroatoms. The number of aldehydes is 1. The quantitative estimate of drug-likeness (QED) is 0.717. The van der Waals surface area contributed by atoms with E-state index in [0.29, 0.717) is 12.0 Å². The fraction of sp³-hybridized carbons (Fsp3) is 0.385. The largest absolute Gasteiger partial charge is 0.312 e. The molecule has 1 fully saturated rings. The van der Waals surface area contributed by atoms with Crippen LogP contribution in [0.5, 0.6) is 0 Å². The van der Waals surface area contributed by atoms with Gasteiger partial charge in [-0.05, 0) is 30.7 Å². The van der Waals surface area contributed by atoms with E-state index in [-0.39, 0.29) is 5.91 Å². The van der Waals surface area contributed by atoms with Crippen molar-refractivity contribution in [2.45, 2.75) is 26.7 Å². The van der Waals surface area contributed by atoms with Gasteiger partial charge in [0.05, 0.1) is 0 Å². The molecule has 0 N–H and O–H groups in total. The lowest BCUT2D eigenvalue weighted by Crippen LogP contribution is -2.23. The van der Waals surface area contributed by atoms with Gasteiger partial charge in [-0.25, -0.2) is 0 Å². The predicted octanol–water partition coefficient (Wildman–Crippen LogP) is 2.65. The third-order valence-corrected chi connectivity index (χ3v) is 2.41. The van der Waals surface area contributed by atoms with E-state index in [1.54, 1.807) is 17.0 Å². The second kappa shape index (κ2) is 6.05. The van der Waals surface area contributed by atoms with Crippen molar-refractivity contribution in [3.8, 4) is 0 Å². The summed E-state index contributed by atoms with van der Waals surface area (Å²) in [6, 6.07) is 7.09. The molecule has 86 valence electrons. The summed E-state index contributed by atoms with van der Waals surface area (Å²) in [5, 5.41) is 0. The molecule has 3 nitrogen and oxygen atoms in total. The normalized spacial score (nSPS) is 14.4. The molecule has 1 heterocycles. The molecule has 0 atom stereocenters. The van der Waals surface area contributed by atoms with Crippen molar-refractivity contribution >= 4 is 17.9 Å². The summed E-state index contributed by atoms with van der Waals surface area (Å²) in [4.78, 5) is 23.6. The van der Waals surface area contributed by atoms with E-state index in [4.69, 9.17) is 0 Å². The summed E-state index contributed by atoms with van der Waals surface area (Å²) in [7, 11) is 0. The Morgan fingerprint density at radius 2 is 1.81 bits per heavy atom. The maximum absolute atomic E-state index is 11.4. The van der Waals surface area contributed by atoms with Gasteiger partial charge in [0, 0.05) is 24.2 Å². The summed E-state index contributed by atoms with van der Waals surface area (Å²) >= 11 is 0. The van der Waals surface area contributed by atoms with E-state index < -0.39 is 0 Å². The van der Waals surface area contributed by atoms with Crippen LogP contribution in [0.1, 0.15) is 37.0 Å². The molecule has 1 aromatic rings. The molecular weight excluding hydrogens is 202 g/mol. The Kier molecular flexibility index (Phi) is 4.70. The van der Waals surface area contributed by atoms with Crippen LogP contribution in [0.2, 0.25) is 0 Å². The van der Waals surface area contributed by atoms with E-state index in [1.165, 1.54) is 0 Å². The van der Waals surface area contributed by atoms with Crippen LogP contribution in [-0.4, -0.2) is 18.7 Å². The zero-order valence-electron chi connectivity index (χ0n) is 9.77. The van der Waals surface area contributed by atoms with Crippen molar-refractivity contribution in [3.05, 3.63) is 29.8 Å². The Balaban J connectivity index is 0.000000606. The second-order valence-electron chi connectivity index (χ2n) is 3.36. The van der Waals surface area contributed by atoms with Gasteiger partial charge in [-0.3, -0.25) is 9.59 Å². The number of anilines is 1. The molecule has 0 unspecified atom stereocenters. The summed E-state index contributed by atoms with van der Waals surface area (Å²) in [5.74, 6) is 0.170. The van der Waals surface area contributed by atoms with Crippen LogP contribution >= 0.6 is 0 Å². The number of benzene rings is 1. The average molecular weight is 219 g/mol.